The zero-order valence-corrected chi connectivity index (χ0v) is 12.7. The zero-order valence-electron chi connectivity index (χ0n) is 12.7. The van der Waals surface area contributed by atoms with E-state index in [-0.39, 0.29) is 12.5 Å². The number of hydrogen-bond acceptors (Lipinski definition) is 2. The van der Waals surface area contributed by atoms with Gasteiger partial charge in [-0.15, -0.1) is 0 Å². The van der Waals surface area contributed by atoms with Crippen LogP contribution in [-0.4, -0.2) is 22.8 Å². The molecule has 0 heterocycles. The predicted octanol–water partition coefficient (Wildman–Crippen LogP) is 4.01. The summed E-state index contributed by atoms with van der Waals surface area (Å²) in [5, 5.41) is 18.0. The van der Waals surface area contributed by atoms with Crippen molar-refractivity contribution >= 4 is 5.97 Å². The molecule has 0 amide bonds. The van der Waals surface area contributed by atoms with Crippen LogP contribution in [0.15, 0.2) is 11.6 Å². The summed E-state index contributed by atoms with van der Waals surface area (Å²) in [6.07, 6.45) is 8.53. The Bertz CT molecular complexity index is 271. The summed E-state index contributed by atoms with van der Waals surface area (Å²) in [4.78, 5) is 11.2. The van der Waals surface area contributed by atoms with Crippen LogP contribution in [0.25, 0.3) is 0 Å². The number of carboxylic acids is 1. The van der Waals surface area contributed by atoms with Crippen LogP contribution >= 0.6 is 0 Å². The van der Waals surface area contributed by atoms with Crippen LogP contribution in [0.5, 0.6) is 0 Å². The Kier molecular flexibility index (Phi) is 10.6. The largest absolute Gasteiger partial charge is 0.481 e. The Morgan fingerprint density at radius 2 is 1.95 bits per heavy atom. The second kappa shape index (κ2) is 11.0. The molecule has 0 fully saturated rings. The van der Waals surface area contributed by atoms with Crippen LogP contribution in [0.3, 0.4) is 0 Å². The molecule has 0 aromatic rings. The molecule has 3 nitrogen and oxygen atoms in total. The number of carbonyl (C=O) groups is 1. The van der Waals surface area contributed by atoms with Gasteiger partial charge in [0.15, 0.2) is 0 Å². The lowest BCUT2D eigenvalue weighted by molar-refractivity contribution is -0.141. The van der Waals surface area contributed by atoms with E-state index in [1.165, 1.54) is 5.57 Å². The SMILES string of the molecule is CCCCC(C/C(C)=C/CC[C@H](C)CCO)C(=O)O. The van der Waals surface area contributed by atoms with E-state index < -0.39 is 5.97 Å². The van der Waals surface area contributed by atoms with E-state index in [1.54, 1.807) is 0 Å². The Labute approximate surface area is 117 Å². The molecule has 0 aromatic carbocycles. The number of allylic oxidation sites excluding steroid dienone is 2. The molecule has 0 aliphatic rings. The molecule has 0 bridgehead atoms. The fourth-order valence-corrected chi connectivity index (χ4v) is 2.21. The fourth-order valence-electron chi connectivity index (χ4n) is 2.21. The lowest BCUT2D eigenvalue weighted by Crippen LogP contribution is -2.14. The summed E-state index contributed by atoms with van der Waals surface area (Å²) in [5.74, 6) is -0.370. The van der Waals surface area contributed by atoms with Crippen molar-refractivity contribution in [1.82, 2.24) is 0 Å². The molecule has 0 aliphatic carbocycles. The number of aliphatic carboxylic acids is 1. The average Bonchev–Trinajstić information content (AvgIpc) is 2.34. The Hall–Kier alpha value is -0.830. The molecule has 19 heavy (non-hydrogen) atoms. The molecule has 0 spiro atoms. The van der Waals surface area contributed by atoms with Crippen molar-refractivity contribution in [3.05, 3.63) is 11.6 Å². The monoisotopic (exact) mass is 270 g/mol. The first-order valence-electron chi connectivity index (χ1n) is 7.50. The standard InChI is InChI=1S/C16H30O3/c1-4-5-9-15(16(18)19)12-14(3)8-6-7-13(2)10-11-17/h8,13,15,17H,4-7,9-12H2,1-3H3,(H,18,19)/b14-8+/t13-,15?/m0/s1. The van der Waals surface area contributed by atoms with Gasteiger partial charge in [-0.3, -0.25) is 4.79 Å². The van der Waals surface area contributed by atoms with Crippen molar-refractivity contribution in [2.75, 3.05) is 6.61 Å². The van der Waals surface area contributed by atoms with Crippen LogP contribution in [0.4, 0.5) is 0 Å². The summed E-state index contributed by atoms with van der Waals surface area (Å²) < 4.78 is 0. The average molecular weight is 270 g/mol. The molecule has 1 unspecified atom stereocenters. The van der Waals surface area contributed by atoms with Gasteiger partial charge < -0.3 is 10.2 Å². The molecule has 0 saturated heterocycles. The first-order valence-corrected chi connectivity index (χ1v) is 7.50. The molecule has 0 radical (unpaired) electrons. The van der Waals surface area contributed by atoms with Gasteiger partial charge in [-0.2, -0.15) is 0 Å². The fraction of sp³-hybridized carbons (Fsp3) is 0.812. The van der Waals surface area contributed by atoms with Crippen molar-refractivity contribution in [2.24, 2.45) is 11.8 Å². The summed E-state index contributed by atoms with van der Waals surface area (Å²) in [5.41, 5.74) is 1.18. The van der Waals surface area contributed by atoms with E-state index in [1.807, 2.05) is 6.92 Å². The molecule has 3 heteroatoms. The highest BCUT2D eigenvalue weighted by atomic mass is 16.4. The highest BCUT2D eigenvalue weighted by Gasteiger charge is 2.16. The summed E-state index contributed by atoms with van der Waals surface area (Å²) in [7, 11) is 0. The van der Waals surface area contributed by atoms with Crippen LogP contribution in [0, 0.1) is 11.8 Å². The minimum Gasteiger partial charge on any atom is -0.481 e. The molecule has 2 N–H and O–H groups in total. The Balaban J connectivity index is 4.09. The van der Waals surface area contributed by atoms with E-state index in [0.717, 1.165) is 38.5 Å². The Morgan fingerprint density at radius 1 is 1.26 bits per heavy atom. The minimum absolute atomic E-state index is 0.230. The maximum absolute atomic E-state index is 11.2. The van der Waals surface area contributed by atoms with Gasteiger partial charge in [-0.05, 0) is 44.9 Å². The van der Waals surface area contributed by atoms with Crippen LogP contribution in [0.1, 0.15) is 65.7 Å². The van der Waals surface area contributed by atoms with Crippen LogP contribution in [0.2, 0.25) is 0 Å². The number of unbranched alkanes of at least 4 members (excludes halogenated alkanes) is 1. The molecule has 0 rings (SSSR count). The van der Waals surface area contributed by atoms with Crippen molar-refractivity contribution in [3.63, 3.8) is 0 Å². The van der Waals surface area contributed by atoms with Gasteiger partial charge in [-0.1, -0.05) is 38.3 Å². The lowest BCUT2D eigenvalue weighted by atomic mass is 9.93. The van der Waals surface area contributed by atoms with Gasteiger partial charge in [-0.25, -0.2) is 0 Å². The number of hydrogen-bond donors (Lipinski definition) is 2. The summed E-state index contributed by atoms with van der Waals surface area (Å²) >= 11 is 0. The van der Waals surface area contributed by atoms with E-state index in [4.69, 9.17) is 5.11 Å². The van der Waals surface area contributed by atoms with E-state index in [2.05, 4.69) is 19.9 Å². The maximum atomic E-state index is 11.2. The summed E-state index contributed by atoms with van der Waals surface area (Å²) in [6, 6.07) is 0. The number of aliphatic hydroxyl groups is 1. The number of carboxylic acid groups (broad SMARTS) is 1. The molecule has 112 valence electrons. The minimum atomic E-state index is -0.671. The van der Waals surface area contributed by atoms with Crippen molar-refractivity contribution in [1.29, 1.82) is 0 Å². The third-order valence-electron chi connectivity index (χ3n) is 3.60. The van der Waals surface area contributed by atoms with Crippen molar-refractivity contribution in [3.8, 4) is 0 Å². The number of aliphatic hydroxyl groups excluding tert-OH is 1. The smallest absolute Gasteiger partial charge is 0.306 e. The summed E-state index contributed by atoms with van der Waals surface area (Å²) in [6.45, 7) is 6.51. The molecular formula is C16H30O3. The van der Waals surface area contributed by atoms with E-state index in [9.17, 15) is 9.90 Å². The topological polar surface area (TPSA) is 57.5 Å². The first kappa shape index (κ1) is 18.2. The third-order valence-corrected chi connectivity index (χ3v) is 3.60. The number of rotatable bonds is 11. The highest BCUT2D eigenvalue weighted by Crippen LogP contribution is 2.20. The predicted molar refractivity (Wildman–Crippen MR) is 79.1 cm³/mol. The van der Waals surface area contributed by atoms with Gasteiger partial charge >= 0.3 is 5.97 Å². The lowest BCUT2D eigenvalue weighted by Gasteiger charge is -2.12. The first-order chi connectivity index (χ1) is 9.01. The Morgan fingerprint density at radius 3 is 2.47 bits per heavy atom. The molecule has 0 aromatic heterocycles. The third kappa shape index (κ3) is 9.71. The molecule has 0 aliphatic heterocycles. The van der Waals surface area contributed by atoms with E-state index in [0.29, 0.717) is 12.3 Å². The van der Waals surface area contributed by atoms with Crippen LogP contribution in [-0.2, 0) is 4.79 Å². The van der Waals surface area contributed by atoms with Gasteiger partial charge in [0.25, 0.3) is 0 Å². The van der Waals surface area contributed by atoms with Gasteiger partial charge in [0.2, 0.25) is 0 Å². The maximum Gasteiger partial charge on any atom is 0.306 e. The molecular weight excluding hydrogens is 240 g/mol. The normalized spacial score (nSPS) is 15.3. The van der Waals surface area contributed by atoms with Crippen LogP contribution < -0.4 is 0 Å². The second-order valence-corrected chi connectivity index (χ2v) is 5.63. The quantitative estimate of drug-likeness (QED) is 0.558. The molecule has 2 atom stereocenters. The van der Waals surface area contributed by atoms with Gasteiger partial charge in [0.05, 0.1) is 5.92 Å². The second-order valence-electron chi connectivity index (χ2n) is 5.63. The van der Waals surface area contributed by atoms with Gasteiger partial charge in [0, 0.05) is 6.61 Å². The van der Waals surface area contributed by atoms with Gasteiger partial charge in [0.1, 0.15) is 0 Å². The van der Waals surface area contributed by atoms with E-state index >= 15 is 0 Å². The molecule has 0 saturated carbocycles. The highest BCUT2D eigenvalue weighted by molar-refractivity contribution is 5.70. The van der Waals surface area contributed by atoms with Crippen molar-refractivity contribution in [2.45, 2.75) is 65.7 Å². The zero-order chi connectivity index (χ0) is 14.7. The van der Waals surface area contributed by atoms with Crippen molar-refractivity contribution < 1.29 is 15.0 Å².